The number of carbonyl (C=O) groups is 2. The third-order valence-electron chi connectivity index (χ3n) is 12.7. The highest BCUT2D eigenvalue weighted by molar-refractivity contribution is 5.82. The Bertz CT molecular complexity index is 1020. The molecular formula is C36H61N3O5. The summed E-state index contributed by atoms with van der Waals surface area (Å²) in [6.07, 6.45) is 16.3. The standard InChI is InChI=1S/C36H61N3O5/c1-24(2)7-5-6-8-25-10-12-31-30-11-9-26-19-29(13-15-36(26,4)32(30)14-16-35(25,31)3)44-34(43)38-21-33(42)37-17-18-39-22-27(40)20-28(41)23-39/h9,24-25,27-32,40-41H,5-8,10-23H2,1-4H3,(H,37,42)(H,38,43). The van der Waals surface area contributed by atoms with Crippen molar-refractivity contribution in [3.8, 4) is 0 Å². The van der Waals surface area contributed by atoms with Gasteiger partial charge in [0, 0.05) is 39.0 Å². The summed E-state index contributed by atoms with van der Waals surface area (Å²) in [6, 6.07) is 0. The average Bonchev–Trinajstić information content (AvgIpc) is 3.30. The predicted molar refractivity (Wildman–Crippen MR) is 173 cm³/mol. The van der Waals surface area contributed by atoms with E-state index in [0.29, 0.717) is 38.0 Å². The zero-order valence-corrected chi connectivity index (χ0v) is 28.0. The molecule has 1 saturated heterocycles. The molecule has 0 bridgehead atoms. The first-order valence-corrected chi connectivity index (χ1v) is 18.0. The molecule has 4 aliphatic carbocycles. The Morgan fingerprint density at radius 3 is 2.55 bits per heavy atom. The summed E-state index contributed by atoms with van der Waals surface area (Å²) >= 11 is 0. The van der Waals surface area contributed by atoms with E-state index >= 15 is 0 Å². The number of alkyl carbamates (subject to hydrolysis) is 1. The number of allylic oxidation sites excluding steroid dienone is 1. The molecule has 0 spiro atoms. The Morgan fingerprint density at radius 1 is 1.02 bits per heavy atom. The highest BCUT2D eigenvalue weighted by Gasteiger charge is 2.58. The summed E-state index contributed by atoms with van der Waals surface area (Å²) in [5.41, 5.74) is 2.24. The number of aliphatic hydroxyl groups is 2. The van der Waals surface area contributed by atoms with Crippen molar-refractivity contribution in [1.29, 1.82) is 0 Å². The topological polar surface area (TPSA) is 111 Å². The number of hydrogen-bond donors (Lipinski definition) is 4. The van der Waals surface area contributed by atoms with Gasteiger partial charge in [-0.1, -0.05) is 58.6 Å². The van der Waals surface area contributed by atoms with Gasteiger partial charge in [0.15, 0.2) is 0 Å². The molecule has 44 heavy (non-hydrogen) atoms. The number of rotatable bonds is 11. The second-order valence-electron chi connectivity index (χ2n) is 16.0. The number of nitrogens with one attached hydrogen (secondary N) is 2. The van der Waals surface area contributed by atoms with E-state index in [0.717, 1.165) is 48.9 Å². The highest BCUT2D eigenvalue weighted by atomic mass is 16.6. The number of hydrogen-bond acceptors (Lipinski definition) is 6. The van der Waals surface area contributed by atoms with E-state index in [2.05, 4.69) is 44.4 Å². The third kappa shape index (κ3) is 7.66. The van der Waals surface area contributed by atoms with Crippen LogP contribution in [-0.2, 0) is 9.53 Å². The second-order valence-corrected chi connectivity index (χ2v) is 16.0. The summed E-state index contributed by atoms with van der Waals surface area (Å²) in [4.78, 5) is 26.8. The zero-order chi connectivity index (χ0) is 31.5. The number of likely N-dealkylation sites (tertiary alicyclic amines) is 1. The van der Waals surface area contributed by atoms with Crippen molar-refractivity contribution in [1.82, 2.24) is 15.5 Å². The van der Waals surface area contributed by atoms with E-state index in [1.165, 1.54) is 63.4 Å². The molecule has 1 heterocycles. The maximum absolute atomic E-state index is 12.6. The van der Waals surface area contributed by atoms with Crippen LogP contribution in [-0.4, -0.2) is 78.1 Å². The van der Waals surface area contributed by atoms with Gasteiger partial charge in [-0.15, -0.1) is 0 Å². The Morgan fingerprint density at radius 2 is 1.80 bits per heavy atom. The van der Waals surface area contributed by atoms with Gasteiger partial charge in [0.05, 0.1) is 18.8 Å². The minimum atomic E-state index is -0.540. The lowest BCUT2D eigenvalue weighted by atomic mass is 9.47. The van der Waals surface area contributed by atoms with Crippen molar-refractivity contribution in [3.05, 3.63) is 11.6 Å². The number of aliphatic hydroxyl groups excluding tert-OH is 2. The number of β-amino-alcohol motifs (C(OH)–C–C–N with tert-alkyl or cyclic N) is 2. The van der Waals surface area contributed by atoms with Gasteiger partial charge in [-0.3, -0.25) is 9.69 Å². The third-order valence-corrected chi connectivity index (χ3v) is 12.7. The molecule has 0 aromatic heterocycles. The van der Waals surface area contributed by atoms with Crippen molar-refractivity contribution >= 4 is 12.0 Å². The minimum absolute atomic E-state index is 0.125. The van der Waals surface area contributed by atoms with Crippen LogP contribution in [0.25, 0.3) is 0 Å². The van der Waals surface area contributed by atoms with Crippen LogP contribution in [0.2, 0.25) is 0 Å². The molecule has 2 amide bonds. The Hall–Kier alpha value is -1.64. The molecule has 5 rings (SSSR count). The van der Waals surface area contributed by atoms with Crippen LogP contribution in [0, 0.1) is 40.4 Å². The average molecular weight is 616 g/mol. The predicted octanol–water partition coefficient (Wildman–Crippen LogP) is 5.42. The lowest BCUT2D eigenvalue weighted by Crippen LogP contribution is -2.50. The molecule has 4 N–H and O–H groups in total. The number of nitrogens with zero attached hydrogens (tertiary/aromatic N) is 1. The fourth-order valence-corrected chi connectivity index (χ4v) is 10.3. The molecule has 0 aromatic carbocycles. The van der Waals surface area contributed by atoms with Crippen molar-refractivity contribution < 1.29 is 24.5 Å². The molecule has 8 nitrogen and oxygen atoms in total. The van der Waals surface area contributed by atoms with Crippen LogP contribution in [0.5, 0.6) is 0 Å². The fraction of sp³-hybridized carbons (Fsp3) is 0.889. The molecule has 0 radical (unpaired) electrons. The van der Waals surface area contributed by atoms with Gasteiger partial charge in [-0.25, -0.2) is 4.79 Å². The molecule has 0 aromatic rings. The summed E-state index contributed by atoms with van der Waals surface area (Å²) in [6.45, 7) is 11.6. The van der Waals surface area contributed by atoms with Gasteiger partial charge >= 0.3 is 6.09 Å². The Labute approximate surface area is 266 Å². The van der Waals surface area contributed by atoms with Crippen LogP contribution in [0.3, 0.4) is 0 Å². The maximum Gasteiger partial charge on any atom is 0.407 e. The molecule has 3 saturated carbocycles. The van der Waals surface area contributed by atoms with E-state index in [9.17, 15) is 19.8 Å². The first kappa shape index (κ1) is 33.7. The molecule has 5 aliphatic rings. The molecule has 1 aliphatic heterocycles. The fourth-order valence-electron chi connectivity index (χ4n) is 10.3. The zero-order valence-electron chi connectivity index (χ0n) is 28.0. The van der Waals surface area contributed by atoms with E-state index in [1.54, 1.807) is 0 Å². The number of ether oxygens (including phenoxy) is 1. The van der Waals surface area contributed by atoms with E-state index < -0.39 is 18.3 Å². The molecule has 9 atom stereocenters. The molecule has 9 unspecified atom stereocenters. The minimum Gasteiger partial charge on any atom is -0.446 e. The Kier molecular flexibility index (Phi) is 11.0. The van der Waals surface area contributed by atoms with Gasteiger partial charge in [-0.2, -0.15) is 0 Å². The van der Waals surface area contributed by atoms with Crippen molar-refractivity contribution in [2.75, 3.05) is 32.7 Å². The van der Waals surface area contributed by atoms with Gasteiger partial charge in [0.1, 0.15) is 6.10 Å². The van der Waals surface area contributed by atoms with Crippen LogP contribution >= 0.6 is 0 Å². The van der Waals surface area contributed by atoms with Gasteiger partial charge in [0.25, 0.3) is 0 Å². The van der Waals surface area contributed by atoms with E-state index in [-0.39, 0.29) is 24.0 Å². The van der Waals surface area contributed by atoms with Gasteiger partial charge in [0.2, 0.25) is 5.91 Å². The first-order chi connectivity index (χ1) is 21.0. The monoisotopic (exact) mass is 615 g/mol. The van der Waals surface area contributed by atoms with Crippen LogP contribution in [0.15, 0.2) is 11.6 Å². The largest absolute Gasteiger partial charge is 0.446 e. The lowest BCUT2D eigenvalue weighted by Gasteiger charge is -2.58. The highest BCUT2D eigenvalue weighted by Crippen LogP contribution is 2.66. The molecular weight excluding hydrogens is 554 g/mol. The Balaban J connectivity index is 1.06. The second kappa shape index (κ2) is 14.4. The summed E-state index contributed by atoms with van der Waals surface area (Å²) < 4.78 is 5.82. The first-order valence-electron chi connectivity index (χ1n) is 18.0. The van der Waals surface area contributed by atoms with Crippen molar-refractivity contribution in [3.63, 3.8) is 0 Å². The maximum atomic E-state index is 12.6. The van der Waals surface area contributed by atoms with Crippen molar-refractivity contribution in [2.24, 2.45) is 40.4 Å². The van der Waals surface area contributed by atoms with Gasteiger partial charge < -0.3 is 25.6 Å². The summed E-state index contributed by atoms with van der Waals surface area (Å²) in [5, 5.41) is 25.0. The van der Waals surface area contributed by atoms with Crippen LogP contribution in [0.1, 0.15) is 111 Å². The molecule has 4 fully saturated rings. The molecule has 8 heteroatoms. The SMILES string of the molecule is CC(C)CCCCC1CCC2C3CC=C4CC(OC(=O)NCC(=O)NCCN5CC(O)CC(O)C5)CCC4(C)C3CCC12C. The van der Waals surface area contributed by atoms with Crippen molar-refractivity contribution in [2.45, 2.75) is 129 Å². The number of amides is 2. The van der Waals surface area contributed by atoms with E-state index in [4.69, 9.17) is 4.74 Å². The smallest absolute Gasteiger partial charge is 0.407 e. The quantitative estimate of drug-likeness (QED) is 0.183. The number of carbonyl (C=O) groups excluding carboxylic acids is 2. The summed E-state index contributed by atoms with van der Waals surface area (Å²) in [7, 11) is 0. The normalized spacial score (nSPS) is 38.7. The molecule has 250 valence electrons. The number of unbranched alkanes of at least 4 members (excludes halogenated alkanes) is 1. The van der Waals surface area contributed by atoms with Crippen LogP contribution in [0.4, 0.5) is 4.79 Å². The van der Waals surface area contributed by atoms with E-state index in [1.807, 2.05) is 4.90 Å². The summed E-state index contributed by atoms with van der Waals surface area (Å²) in [5.74, 6) is 3.85. The number of fused-ring (bicyclic) bond motifs is 5. The van der Waals surface area contributed by atoms with Gasteiger partial charge in [-0.05, 0) is 91.8 Å². The van der Waals surface area contributed by atoms with Crippen LogP contribution < -0.4 is 10.6 Å². The lowest BCUT2D eigenvalue weighted by molar-refractivity contribution is -0.120. The number of piperidine rings is 1.